The fraction of sp³-hybridized carbons (Fsp3) is 0. The molecule has 3 nitrogen and oxygen atoms in total. The lowest BCUT2D eigenvalue weighted by Crippen LogP contribution is -1.97. The topological polar surface area (TPSA) is 35.0 Å². The summed E-state index contributed by atoms with van der Waals surface area (Å²) in [6, 6.07) is 37.9. The Labute approximate surface area is 244 Å². The Morgan fingerprint density at radius 2 is 1.12 bits per heavy atom. The minimum atomic E-state index is -0.163. The lowest BCUT2D eigenvalue weighted by molar-refractivity contribution is 0.487. The number of rotatable bonds is 4. The maximum absolute atomic E-state index is 9.11. The molecule has 0 saturated carbocycles. The van der Waals surface area contributed by atoms with Gasteiger partial charge in [0.1, 0.15) is 11.5 Å². The molecule has 2 heterocycles. The van der Waals surface area contributed by atoms with Gasteiger partial charge in [0.15, 0.2) is 5.82 Å². The SMILES string of the molecule is [2H]c1c([2H])c(-c2cc(-c3ccccc3)nc(-c3ccccc3)n2)c([2H])c([2H])c1-c1ccc2c(c1)-c1cccc3cccc(c13)O2. The first-order valence-corrected chi connectivity index (χ1v) is 13.4. The maximum Gasteiger partial charge on any atom is 0.160 e. The lowest BCUT2D eigenvalue weighted by Gasteiger charge is -2.22. The molecule has 1 aliphatic heterocycles. The minimum Gasteiger partial charge on any atom is -0.456 e. The molecule has 3 heteroatoms. The van der Waals surface area contributed by atoms with Crippen LogP contribution >= 0.6 is 0 Å². The van der Waals surface area contributed by atoms with E-state index >= 15 is 0 Å². The molecule has 6 aromatic carbocycles. The Bertz CT molecular complexity index is 2200. The van der Waals surface area contributed by atoms with E-state index in [1.165, 1.54) is 0 Å². The summed E-state index contributed by atoms with van der Waals surface area (Å²) in [6.07, 6.45) is 0. The molecule has 0 N–H and O–H groups in total. The molecule has 0 atom stereocenters. The summed E-state index contributed by atoms with van der Waals surface area (Å²) >= 11 is 0. The summed E-state index contributed by atoms with van der Waals surface area (Å²) in [5, 5.41) is 2.07. The molecule has 192 valence electrons. The smallest absolute Gasteiger partial charge is 0.160 e. The van der Waals surface area contributed by atoms with Gasteiger partial charge in [-0.05, 0) is 46.3 Å². The van der Waals surface area contributed by atoms with Crippen molar-refractivity contribution in [1.29, 1.82) is 0 Å². The molecule has 0 aliphatic carbocycles. The molecule has 1 aromatic heterocycles. The Kier molecular flexibility index (Phi) is 4.56. The van der Waals surface area contributed by atoms with E-state index in [1.54, 1.807) is 12.1 Å². The number of ether oxygens (including phenoxy) is 1. The van der Waals surface area contributed by atoms with E-state index in [0.717, 1.165) is 38.8 Å². The predicted molar refractivity (Wildman–Crippen MR) is 167 cm³/mol. The number of aromatic nitrogens is 2. The summed E-state index contributed by atoms with van der Waals surface area (Å²) in [5.74, 6) is 1.91. The monoisotopic (exact) mass is 528 g/mol. The van der Waals surface area contributed by atoms with Gasteiger partial charge in [-0.15, -0.1) is 0 Å². The van der Waals surface area contributed by atoms with E-state index in [9.17, 15) is 0 Å². The van der Waals surface area contributed by atoms with Crippen molar-refractivity contribution in [1.82, 2.24) is 9.97 Å². The summed E-state index contributed by atoms with van der Waals surface area (Å²) in [4.78, 5) is 9.57. The van der Waals surface area contributed by atoms with Crippen LogP contribution in [0.4, 0.5) is 0 Å². The third kappa shape index (κ3) is 4.16. The Hall–Kier alpha value is -5.54. The zero-order chi connectivity index (χ0) is 30.7. The van der Waals surface area contributed by atoms with Gasteiger partial charge < -0.3 is 4.74 Å². The number of fused-ring (bicyclic) bond motifs is 2. The summed E-state index contributed by atoms with van der Waals surface area (Å²) < 4.78 is 42.7. The molecule has 0 spiro atoms. The van der Waals surface area contributed by atoms with Crippen LogP contribution in [0.5, 0.6) is 11.5 Å². The maximum atomic E-state index is 9.11. The number of nitrogens with zero attached hydrogens (tertiary/aromatic N) is 2. The van der Waals surface area contributed by atoms with Gasteiger partial charge in [0.05, 0.1) is 16.9 Å². The molecular weight excluding hydrogens is 500 g/mol. The van der Waals surface area contributed by atoms with Gasteiger partial charge in [-0.25, -0.2) is 9.97 Å². The number of hydrogen-bond donors (Lipinski definition) is 0. The Morgan fingerprint density at radius 3 is 1.88 bits per heavy atom. The van der Waals surface area contributed by atoms with Gasteiger partial charge in [0.25, 0.3) is 0 Å². The molecule has 0 fully saturated rings. The first kappa shape index (κ1) is 19.5. The zero-order valence-electron chi connectivity index (χ0n) is 25.8. The highest BCUT2D eigenvalue weighted by atomic mass is 16.5. The fourth-order valence-corrected chi connectivity index (χ4v) is 5.35. The van der Waals surface area contributed by atoms with Crippen LogP contribution < -0.4 is 4.74 Å². The lowest BCUT2D eigenvalue weighted by atomic mass is 9.92. The van der Waals surface area contributed by atoms with Crippen molar-refractivity contribution < 1.29 is 10.2 Å². The van der Waals surface area contributed by atoms with Crippen LogP contribution in [0.25, 0.3) is 66.9 Å². The van der Waals surface area contributed by atoms with E-state index in [1.807, 2.05) is 109 Å². The second-order valence-electron chi connectivity index (χ2n) is 9.92. The standard InChI is InChI=1S/C38H24N2O/c1-3-9-26(10-4-1)33-24-34(40-38(39-33)29-11-5-2-6-12-29)27-19-17-25(18-20-27)30-21-22-35-32(23-30)31-15-7-13-28-14-8-16-36(41-35)37(28)31/h1-24H/i17D,18D,19D,20D. The minimum absolute atomic E-state index is 0.130. The first-order valence-electron chi connectivity index (χ1n) is 15.4. The van der Waals surface area contributed by atoms with Crippen molar-refractivity contribution in [3.8, 4) is 67.7 Å². The summed E-state index contributed by atoms with van der Waals surface area (Å²) in [7, 11) is 0. The number of benzene rings is 6. The highest BCUT2D eigenvalue weighted by molar-refractivity contribution is 6.04. The predicted octanol–water partition coefficient (Wildman–Crippen LogP) is 10.1. The van der Waals surface area contributed by atoms with Crippen molar-refractivity contribution in [2.24, 2.45) is 0 Å². The molecule has 0 saturated heterocycles. The van der Waals surface area contributed by atoms with Gasteiger partial charge >= 0.3 is 0 Å². The molecule has 1 aliphatic rings. The zero-order valence-corrected chi connectivity index (χ0v) is 21.8. The summed E-state index contributed by atoms with van der Waals surface area (Å²) in [6.45, 7) is 0. The molecule has 0 radical (unpaired) electrons. The van der Waals surface area contributed by atoms with Gasteiger partial charge in [-0.3, -0.25) is 0 Å². The molecule has 8 rings (SSSR count). The van der Waals surface area contributed by atoms with Gasteiger partial charge in [0.2, 0.25) is 0 Å². The van der Waals surface area contributed by atoms with E-state index in [2.05, 4.69) is 0 Å². The quantitative estimate of drug-likeness (QED) is 0.228. The van der Waals surface area contributed by atoms with E-state index in [0.29, 0.717) is 28.5 Å². The first-order chi connectivity index (χ1) is 22.0. The van der Waals surface area contributed by atoms with E-state index in [-0.39, 0.29) is 35.3 Å². The molecule has 41 heavy (non-hydrogen) atoms. The van der Waals surface area contributed by atoms with Gasteiger partial charge in [-0.1, -0.05) is 121 Å². The van der Waals surface area contributed by atoms with Crippen molar-refractivity contribution >= 4 is 10.8 Å². The Balaban J connectivity index is 1.31. The molecule has 0 unspecified atom stereocenters. The fourth-order valence-electron chi connectivity index (χ4n) is 5.35. The van der Waals surface area contributed by atoms with Crippen molar-refractivity contribution in [3.05, 3.63) is 145 Å². The largest absolute Gasteiger partial charge is 0.456 e. The average Bonchev–Trinajstić information content (AvgIpc) is 3.09. The third-order valence-electron chi connectivity index (χ3n) is 7.35. The molecule has 0 bridgehead atoms. The van der Waals surface area contributed by atoms with E-state index < -0.39 is 0 Å². The molecule has 7 aromatic rings. The average molecular weight is 529 g/mol. The highest BCUT2D eigenvalue weighted by Gasteiger charge is 2.20. The van der Waals surface area contributed by atoms with Crippen molar-refractivity contribution in [2.75, 3.05) is 0 Å². The van der Waals surface area contributed by atoms with E-state index in [4.69, 9.17) is 20.2 Å². The normalized spacial score (nSPS) is 13.0. The van der Waals surface area contributed by atoms with Crippen LogP contribution in [-0.4, -0.2) is 9.97 Å². The van der Waals surface area contributed by atoms with Crippen LogP contribution in [0.15, 0.2) is 145 Å². The van der Waals surface area contributed by atoms with Crippen molar-refractivity contribution in [3.63, 3.8) is 0 Å². The number of hydrogen-bond acceptors (Lipinski definition) is 3. The second kappa shape index (κ2) is 9.58. The highest BCUT2D eigenvalue weighted by Crippen LogP contribution is 2.47. The third-order valence-corrected chi connectivity index (χ3v) is 7.35. The van der Waals surface area contributed by atoms with Crippen LogP contribution in [-0.2, 0) is 0 Å². The van der Waals surface area contributed by atoms with Crippen LogP contribution in [0, 0.1) is 0 Å². The van der Waals surface area contributed by atoms with Crippen LogP contribution in [0.2, 0.25) is 0 Å². The van der Waals surface area contributed by atoms with Gasteiger partial charge in [-0.2, -0.15) is 0 Å². The van der Waals surface area contributed by atoms with Crippen LogP contribution in [0.1, 0.15) is 5.48 Å². The second-order valence-corrected chi connectivity index (χ2v) is 9.92. The van der Waals surface area contributed by atoms with Crippen LogP contribution in [0.3, 0.4) is 0 Å². The summed E-state index contributed by atoms with van der Waals surface area (Å²) in [5.41, 5.74) is 5.38. The molecular formula is C38H24N2O. The Morgan fingerprint density at radius 1 is 0.463 bits per heavy atom. The van der Waals surface area contributed by atoms with Crippen molar-refractivity contribution in [2.45, 2.75) is 0 Å². The van der Waals surface area contributed by atoms with Gasteiger partial charge in [0, 0.05) is 27.6 Å². The molecule has 0 amide bonds.